The van der Waals surface area contributed by atoms with E-state index in [1.807, 2.05) is 0 Å². The number of unbranched alkanes of at least 4 members (excludes halogenated alkanes) is 19. The molecule has 0 aliphatic rings. The molecule has 2 atom stereocenters. The van der Waals surface area contributed by atoms with Crippen molar-refractivity contribution >= 4 is 0 Å². The van der Waals surface area contributed by atoms with E-state index < -0.39 is 0 Å². The average Bonchev–Trinajstić information content (AvgIpc) is 2.77. The molecule has 0 heterocycles. The molecule has 2 heteroatoms. The topological polar surface area (TPSA) is 40.5 Å². The molecule has 0 amide bonds. The van der Waals surface area contributed by atoms with Gasteiger partial charge in [0.2, 0.25) is 0 Å². The molecule has 0 saturated carbocycles. The molecule has 188 valence electrons. The van der Waals surface area contributed by atoms with Gasteiger partial charge in [-0.25, -0.2) is 0 Å². The quantitative estimate of drug-likeness (QED) is 0.131. The standard InChI is InChI=1S/C29H60O2/c1-3-5-7-9-11-12-13-14-15-16-17-19-21-23-25-29(31)27-26-28(30)24-22-20-18-10-8-6-4-2/h28-31H,3-27H2,1-2H3/t28-,29+/m1/s1. The van der Waals surface area contributed by atoms with E-state index in [9.17, 15) is 10.2 Å². The maximum Gasteiger partial charge on any atom is 0.0541 e. The molecule has 2 N–H and O–H groups in total. The summed E-state index contributed by atoms with van der Waals surface area (Å²) in [5.41, 5.74) is 0. The minimum atomic E-state index is -0.207. The summed E-state index contributed by atoms with van der Waals surface area (Å²) < 4.78 is 0. The van der Waals surface area contributed by atoms with Crippen LogP contribution in [0.5, 0.6) is 0 Å². The van der Waals surface area contributed by atoms with Gasteiger partial charge in [-0.3, -0.25) is 0 Å². The maximum absolute atomic E-state index is 10.2. The molecule has 0 aromatic heterocycles. The number of rotatable bonds is 26. The second-order valence-electron chi connectivity index (χ2n) is 10.2. The summed E-state index contributed by atoms with van der Waals surface area (Å²) >= 11 is 0. The first kappa shape index (κ1) is 30.9. The Bertz CT molecular complexity index is 318. The molecule has 0 aromatic carbocycles. The third-order valence-corrected chi connectivity index (χ3v) is 6.86. The Morgan fingerprint density at radius 2 is 0.548 bits per heavy atom. The molecule has 0 fully saturated rings. The molecule has 0 unspecified atom stereocenters. The largest absolute Gasteiger partial charge is 0.393 e. The van der Waals surface area contributed by atoms with Gasteiger partial charge in [0.1, 0.15) is 0 Å². The van der Waals surface area contributed by atoms with Crippen LogP contribution in [0.25, 0.3) is 0 Å². The fraction of sp³-hybridized carbons (Fsp3) is 1.00. The van der Waals surface area contributed by atoms with E-state index in [4.69, 9.17) is 0 Å². The van der Waals surface area contributed by atoms with Crippen molar-refractivity contribution in [1.29, 1.82) is 0 Å². The highest BCUT2D eigenvalue weighted by molar-refractivity contribution is 4.63. The second-order valence-corrected chi connectivity index (χ2v) is 10.2. The van der Waals surface area contributed by atoms with Crippen LogP contribution >= 0.6 is 0 Å². The highest BCUT2D eigenvalue weighted by Crippen LogP contribution is 2.16. The van der Waals surface area contributed by atoms with E-state index >= 15 is 0 Å². The molecular formula is C29H60O2. The van der Waals surface area contributed by atoms with Gasteiger partial charge < -0.3 is 10.2 Å². The van der Waals surface area contributed by atoms with Gasteiger partial charge in [0.25, 0.3) is 0 Å². The van der Waals surface area contributed by atoms with Crippen molar-refractivity contribution in [2.24, 2.45) is 0 Å². The summed E-state index contributed by atoms with van der Waals surface area (Å²) in [6.45, 7) is 4.54. The van der Waals surface area contributed by atoms with Gasteiger partial charge in [0.05, 0.1) is 12.2 Å². The summed E-state index contributed by atoms with van der Waals surface area (Å²) in [4.78, 5) is 0. The van der Waals surface area contributed by atoms with Crippen LogP contribution in [0.4, 0.5) is 0 Å². The van der Waals surface area contributed by atoms with Gasteiger partial charge in [-0.15, -0.1) is 0 Å². The summed E-state index contributed by atoms with van der Waals surface area (Å²) in [5, 5.41) is 20.3. The zero-order valence-corrected chi connectivity index (χ0v) is 21.7. The molecule has 0 aromatic rings. The summed E-state index contributed by atoms with van der Waals surface area (Å²) in [5.74, 6) is 0. The molecule has 0 spiro atoms. The summed E-state index contributed by atoms with van der Waals surface area (Å²) in [6.07, 6.45) is 31.3. The smallest absolute Gasteiger partial charge is 0.0541 e. The fourth-order valence-electron chi connectivity index (χ4n) is 4.59. The van der Waals surface area contributed by atoms with Crippen LogP contribution in [0.2, 0.25) is 0 Å². The summed E-state index contributed by atoms with van der Waals surface area (Å²) in [7, 11) is 0. The Balaban J connectivity index is 3.26. The highest BCUT2D eigenvalue weighted by Gasteiger charge is 2.09. The maximum atomic E-state index is 10.2. The molecule has 0 aliphatic carbocycles. The van der Waals surface area contributed by atoms with Crippen LogP contribution in [0.15, 0.2) is 0 Å². The molecule has 0 rings (SSSR count). The third-order valence-electron chi connectivity index (χ3n) is 6.86. The first-order valence-corrected chi connectivity index (χ1v) is 14.6. The van der Waals surface area contributed by atoms with Crippen LogP contribution in [0.3, 0.4) is 0 Å². The van der Waals surface area contributed by atoms with Crippen molar-refractivity contribution < 1.29 is 10.2 Å². The lowest BCUT2D eigenvalue weighted by Gasteiger charge is -2.14. The van der Waals surface area contributed by atoms with Gasteiger partial charge >= 0.3 is 0 Å². The molecule has 0 aliphatic heterocycles. The Labute approximate surface area is 197 Å². The van der Waals surface area contributed by atoms with E-state index in [0.29, 0.717) is 0 Å². The minimum absolute atomic E-state index is 0.207. The van der Waals surface area contributed by atoms with Crippen LogP contribution in [-0.4, -0.2) is 22.4 Å². The van der Waals surface area contributed by atoms with Crippen LogP contribution < -0.4 is 0 Å². The van der Waals surface area contributed by atoms with E-state index in [2.05, 4.69) is 13.8 Å². The lowest BCUT2D eigenvalue weighted by atomic mass is 10.00. The van der Waals surface area contributed by atoms with E-state index in [1.54, 1.807) is 0 Å². The zero-order chi connectivity index (χ0) is 22.8. The summed E-state index contributed by atoms with van der Waals surface area (Å²) in [6, 6.07) is 0. The predicted octanol–water partition coefficient (Wildman–Crippen LogP) is 9.50. The monoisotopic (exact) mass is 440 g/mol. The molecule has 0 radical (unpaired) electrons. The SMILES string of the molecule is CCCCCCCCCCCCCCCC[C@H](O)CC[C@H](O)CCCCCCCCC. The van der Waals surface area contributed by atoms with Crippen LogP contribution in [0, 0.1) is 0 Å². The normalized spacial score (nSPS) is 13.5. The Morgan fingerprint density at radius 3 is 0.806 bits per heavy atom. The molecule has 2 nitrogen and oxygen atoms in total. The predicted molar refractivity (Wildman–Crippen MR) is 139 cm³/mol. The first-order valence-electron chi connectivity index (χ1n) is 14.6. The number of aliphatic hydroxyl groups excluding tert-OH is 2. The third kappa shape index (κ3) is 26.1. The number of hydrogen-bond acceptors (Lipinski definition) is 2. The first-order chi connectivity index (χ1) is 15.2. The molecule has 0 saturated heterocycles. The van der Waals surface area contributed by atoms with Crippen molar-refractivity contribution in [1.82, 2.24) is 0 Å². The number of hydrogen-bond donors (Lipinski definition) is 2. The highest BCUT2D eigenvalue weighted by atomic mass is 16.3. The Hall–Kier alpha value is -0.0800. The Kier molecular flexibility index (Phi) is 26.1. The van der Waals surface area contributed by atoms with Gasteiger partial charge in [-0.1, -0.05) is 149 Å². The average molecular weight is 441 g/mol. The van der Waals surface area contributed by atoms with Gasteiger partial charge in [0.15, 0.2) is 0 Å². The lowest BCUT2D eigenvalue weighted by Crippen LogP contribution is -2.13. The van der Waals surface area contributed by atoms with Crippen molar-refractivity contribution in [3.63, 3.8) is 0 Å². The van der Waals surface area contributed by atoms with Crippen molar-refractivity contribution in [3.05, 3.63) is 0 Å². The van der Waals surface area contributed by atoms with E-state index in [0.717, 1.165) is 38.5 Å². The Morgan fingerprint density at radius 1 is 0.323 bits per heavy atom. The van der Waals surface area contributed by atoms with Crippen molar-refractivity contribution in [2.45, 2.75) is 187 Å². The fourth-order valence-corrected chi connectivity index (χ4v) is 4.59. The minimum Gasteiger partial charge on any atom is -0.393 e. The van der Waals surface area contributed by atoms with Gasteiger partial charge in [0, 0.05) is 0 Å². The van der Waals surface area contributed by atoms with Gasteiger partial charge in [-0.05, 0) is 25.7 Å². The zero-order valence-electron chi connectivity index (χ0n) is 21.7. The van der Waals surface area contributed by atoms with Crippen molar-refractivity contribution in [3.8, 4) is 0 Å². The second kappa shape index (κ2) is 26.2. The molecule has 31 heavy (non-hydrogen) atoms. The molecular weight excluding hydrogens is 380 g/mol. The van der Waals surface area contributed by atoms with Crippen molar-refractivity contribution in [2.75, 3.05) is 0 Å². The van der Waals surface area contributed by atoms with Gasteiger partial charge in [-0.2, -0.15) is 0 Å². The van der Waals surface area contributed by atoms with Crippen LogP contribution in [0.1, 0.15) is 174 Å². The van der Waals surface area contributed by atoms with Crippen LogP contribution in [-0.2, 0) is 0 Å². The number of aliphatic hydroxyl groups is 2. The lowest BCUT2D eigenvalue weighted by molar-refractivity contribution is 0.101. The van der Waals surface area contributed by atoms with E-state index in [1.165, 1.54) is 122 Å². The van der Waals surface area contributed by atoms with E-state index in [-0.39, 0.29) is 12.2 Å². The molecule has 0 bridgehead atoms.